The van der Waals surface area contributed by atoms with Crippen LogP contribution < -0.4 is 10.6 Å². The average Bonchev–Trinajstić information content (AvgIpc) is 3.09. The SMILES string of the molecule is CC1CCCC(O)(CNCC(=O)NCC2CC2)C1. The highest BCUT2D eigenvalue weighted by molar-refractivity contribution is 5.78. The van der Waals surface area contributed by atoms with Crippen molar-refractivity contribution in [2.45, 2.75) is 51.0 Å². The summed E-state index contributed by atoms with van der Waals surface area (Å²) in [5, 5.41) is 16.4. The van der Waals surface area contributed by atoms with E-state index in [2.05, 4.69) is 17.6 Å². The number of rotatable bonds is 6. The van der Waals surface area contributed by atoms with E-state index in [0.29, 0.717) is 19.0 Å². The minimum absolute atomic E-state index is 0.0503. The van der Waals surface area contributed by atoms with Gasteiger partial charge in [-0.15, -0.1) is 0 Å². The van der Waals surface area contributed by atoms with Gasteiger partial charge in [0.15, 0.2) is 0 Å². The van der Waals surface area contributed by atoms with Gasteiger partial charge >= 0.3 is 0 Å². The van der Waals surface area contributed by atoms with Crippen LogP contribution in [0.5, 0.6) is 0 Å². The summed E-state index contributed by atoms with van der Waals surface area (Å²) in [5.41, 5.74) is -0.603. The van der Waals surface area contributed by atoms with Crippen LogP contribution in [0.25, 0.3) is 0 Å². The van der Waals surface area contributed by atoms with Crippen molar-refractivity contribution in [3.05, 3.63) is 0 Å². The first kappa shape index (κ1) is 13.8. The first-order valence-corrected chi connectivity index (χ1v) is 7.27. The lowest BCUT2D eigenvalue weighted by atomic mass is 9.79. The minimum Gasteiger partial charge on any atom is -0.389 e. The van der Waals surface area contributed by atoms with Crippen LogP contribution >= 0.6 is 0 Å². The first-order valence-electron chi connectivity index (χ1n) is 7.27. The molecule has 0 heterocycles. The van der Waals surface area contributed by atoms with Crippen molar-refractivity contribution in [2.75, 3.05) is 19.6 Å². The van der Waals surface area contributed by atoms with Gasteiger partial charge in [0.05, 0.1) is 12.1 Å². The topological polar surface area (TPSA) is 61.4 Å². The van der Waals surface area contributed by atoms with E-state index in [4.69, 9.17) is 0 Å². The molecule has 0 radical (unpaired) electrons. The average molecular weight is 254 g/mol. The molecular formula is C14H26N2O2. The van der Waals surface area contributed by atoms with Crippen molar-refractivity contribution in [1.82, 2.24) is 10.6 Å². The van der Waals surface area contributed by atoms with E-state index in [1.165, 1.54) is 19.3 Å². The van der Waals surface area contributed by atoms with Crippen molar-refractivity contribution in [2.24, 2.45) is 11.8 Å². The molecule has 0 aliphatic heterocycles. The third-order valence-electron chi connectivity index (χ3n) is 4.09. The quantitative estimate of drug-likeness (QED) is 0.664. The molecule has 0 aromatic rings. The second-order valence-corrected chi connectivity index (χ2v) is 6.28. The standard InChI is InChI=1S/C14H26N2O2/c1-11-3-2-6-14(18,7-11)10-15-9-13(17)16-8-12-4-5-12/h11-12,15,18H,2-10H2,1H3,(H,16,17). The molecule has 2 aliphatic carbocycles. The molecule has 0 aromatic carbocycles. The summed E-state index contributed by atoms with van der Waals surface area (Å²) < 4.78 is 0. The highest BCUT2D eigenvalue weighted by Crippen LogP contribution is 2.31. The fourth-order valence-corrected chi connectivity index (χ4v) is 2.84. The maximum atomic E-state index is 11.5. The molecule has 18 heavy (non-hydrogen) atoms. The number of amides is 1. The lowest BCUT2D eigenvalue weighted by molar-refractivity contribution is -0.120. The molecule has 2 unspecified atom stereocenters. The molecule has 0 bridgehead atoms. The van der Waals surface area contributed by atoms with Gasteiger partial charge in [-0.05, 0) is 37.5 Å². The molecule has 104 valence electrons. The number of aliphatic hydroxyl groups is 1. The molecule has 4 nitrogen and oxygen atoms in total. The van der Waals surface area contributed by atoms with Gasteiger partial charge in [0.1, 0.15) is 0 Å². The van der Waals surface area contributed by atoms with Gasteiger partial charge < -0.3 is 15.7 Å². The van der Waals surface area contributed by atoms with E-state index in [0.717, 1.165) is 31.7 Å². The Morgan fingerprint density at radius 3 is 2.83 bits per heavy atom. The van der Waals surface area contributed by atoms with Crippen LogP contribution in [0.1, 0.15) is 45.4 Å². The number of carbonyl (C=O) groups excluding carboxylic acids is 1. The third kappa shape index (κ3) is 4.58. The zero-order valence-electron chi connectivity index (χ0n) is 11.4. The van der Waals surface area contributed by atoms with Gasteiger partial charge in [0, 0.05) is 13.1 Å². The molecule has 2 rings (SSSR count). The van der Waals surface area contributed by atoms with Crippen LogP contribution in [0.15, 0.2) is 0 Å². The molecular weight excluding hydrogens is 228 g/mol. The Labute approximate surface area is 110 Å². The Balaban J connectivity index is 1.59. The number of hydrogen-bond acceptors (Lipinski definition) is 3. The predicted octanol–water partition coefficient (Wildman–Crippen LogP) is 1.04. The Morgan fingerprint density at radius 2 is 2.17 bits per heavy atom. The second-order valence-electron chi connectivity index (χ2n) is 6.28. The third-order valence-corrected chi connectivity index (χ3v) is 4.09. The van der Waals surface area contributed by atoms with Crippen molar-refractivity contribution in [1.29, 1.82) is 0 Å². The smallest absolute Gasteiger partial charge is 0.233 e. The van der Waals surface area contributed by atoms with E-state index in [-0.39, 0.29) is 5.91 Å². The molecule has 2 saturated carbocycles. The van der Waals surface area contributed by atoms with Crippen LogP contribution in [0, 0.1) is 11.8 Å². The summed E-state index contributed by atoms with van der Waals surface area (Å²) in [7, 11) is 0. The van der Waals surface area contributed by atoms with E-state index in [1.807, 2.05) is 0 Å². The summed E-state index contributed by atoms with van der Waals surface area (Å²) in [6, 6.07) is 0. The zero-order chi connectivity index (χ0) is 13.0. The van der Waals surface area contributed by atoms with E-state index in [1.54, 1.807) is 0 Å². The van der Waals surface area contributed by atoms with Gasteiger partial charge in [0.2, 0.25) is 5.91 Å². The molecule has 0 saturated heterocycles. The van der Waals surface area contributed by atoms with Gasteiger partial charge in [-0.25, -0.2) is 0 Å². The monoisotopic (exact) mass is 254 g/mol. The summed E-state index contributed by atoms with van der Waals surface area (Å²) in [5.74, 6) is 1.36. The predicted molar refractivity (Wildman–Crippen MR) is 71.2 cm³/mol. The molecule has 0 aromatic heterocycles. The highest BCUT2D eigenvalue weighted by Gasteiger charge is 2.32. The lowest BCUT2D eigenvalue weighted by Crippen LogP contribution is -2.46. The fraction of sp³-hybridized carbons (Fsp3) is 0.929. The Kier molecular flexibility index (Phi) is 4.62. The van der Waals surface area contributed by atoms with Gasteiger partial charge in [-0.1, -0.05) is 19.8 Å². The Bertz CT molecular complexity index is 292. The number of carbonyl (C=O) groups is 1. The molecule has 2 atom stereocenters. The molecule has 3 N–H and O–H groups in total. The minimum atomic E-state index is -0.603. The van der Waals surface area contributed by atoms with Crippen LogP contribution in [-0.4, -0.2) is 36.2 Å². The highest BCUT2D eigenvalue weighted by atomic mass is 16.3. The number of hydrogen-bond donors (Lipinski definition) is 3. The van der Waals surface area contributed by atoms with Crippen LogP contribution in [0.4, 0.5) is 0 Å². The van der Waals surface area contributed by atoms with Gasteiger partial charge in [0.25, 0.3) is 0 Å². The Hall–Kier alpha value is -0.610. The fourth-order valence-electron chi connectivity index (χ4n) is 2.84. The van der Waals surface area contributed by atoms with Gasteiger partial charge in [-0.2, -0.15) is 0 Å². The second kappa shape index (κ2) is 6.02. The van der Waals surface area contributed by atoms with E-state index in [9.17, 15) is 9.90 Å². The van der Waals surface area contributed by atoms with Crippen molar-refractivity contribution >= 4 is 5.91 Å². The van der Waals surface area contributed by atoms with E-state index >= 15 is 0 Å². The zero-order valence-corrected chi connectivity index (χ0v) is 11.4. The van der Waals surface area contributed by atoms with Crippen LogP contribution in [-0.2, 0) is 4.79 Å². The van der Waals surface area contributed by atoms with Crippen molar-refractivity contribution in [3.63, 3.8) is 0 Å². The summed E-state index contributed by atoms with van der Waals surface area (Å²) >= 11 is 0. The van der Waals surface area contributed by atoms with Crippen molar-refractivity contribution < 1.29 is 9.90 Å². The molecule has 2 fully saturated rings. The maximum absolute atomic E-state index is 11.5. The van der Waals surface area contributed by atoms with Gasteiger partial charge in [-0.3, -0.25) is 4.79 Å². The summed E-state index contributed by atoms with van der Waals surface area (Å²) in [6.45, 7) is 3.87. The summed E-state index contributed by atoms with van der Waals surface area (Å²) in [6.07, 6.45) is 6.52. The van der Waals surface area contributed by atoms with E-state index < -0.39 is 5.60 Å². The summed E-state index contributed by atoms with van der Waals surface area (Å²) in [4.78, 5) is 11.5. The first-order chi connectivity index (χ1) is 8.57. The van der Waals surface area contributed by atoms with Crippen LogP contribution in [0.3, 0.4) is 0 Å². The molecule has 2 aliphatic rings. The van der Waals surface area contributed by atoms with Crippen molar-refractivity contribution in [3.8, 4) is 0 Å². The lowest BCUT2D eigenvalue weighted by Gasteiger charge is -2.35. The maximum Gasteiger partial charge on any atom is 0.233 e. The molecule has 0 spiro atoms. The molecule has 4 heteroatoms. The number of nitrogens with one attached hydrogen (secondary N) is 2. The molecule has 1 amide bonds. The normalized spacial score (nSPS) is 32.2. The Morgan fingerprint density at radius 1 is 1.39 bits per heavy atom. The van der Waals surface area contributed by atoms with Crippen LogP contribution in [0.2, 0.25) is 0 Å². The largest absolute Gasteiger partial charge is 0.389 e.